The maximum absolute atomic E-state index is 11.0. The van der Waals surface area contributed by atoms with Gasteiger partial charge >= 0.3 is 0 Å². The molecule has 0 aromatic heterocycles. The predicted molar refractivity (Wildman–Crippen MR) is 50.3 cm³/mol. The molecule has 0 saturated heterocycles. The normalized spacial score (nSPS) is 9.58. The molecule has 1 amide bonds. The molecule has 1 aromatic rings. The highest BCUT2D eigenvalue weighted by Crippen LogP contribution is 2.13. The molecule has 64 valence electrons. The maximum atomic E-state index is 11.0. The molecule has 0 bridgehead atoms. The highest BCUT2D eigenvalue weighted by molar-refractivity contribution is 5.90. The Morgan fingerprint density at radius 2 is 2.08 bits per heavy atom. The lowest BCUT2D eigenvalue weighted by Gasteiger charge is -2.14. The largest absolute Gasteiger partial charge is 0.316 e. The molecule has 0 spiro atoms. The summed E-state index contributed by atoms with van der Waals surface area (Å²) in [4.78, 5) is 12.6. The third-order valence-electron chi connectivity index (χ3n) is 1.86. The lowest BCUT2D eigenvalue weighted by Crippen LogP contribution is -2.22. The van der Waals surface area contributed by atoms with Gasteiger partial charge in [-0.1, -0.05) is 12.1 Å². The van der Waals surface area contributed by atoms with Gasteiger partial charge < -0.3 is 4.90 Å². The molecule has 0 heterocycles. The molecular formula is C10H13NO. The van der Waals surface area contributed by atoms with Gasteiger partial charge in [-0.2, -0.15) is 0 Å². The molecule has 0 aliphatic heterocycles. The fourth-order valence-electron chi connectivity index (χ4n) is 1.02. The fraction of sp³-hybridized carbons (Fsp3) is 0.300. The van der Waals surface area contributed by atoms with Gasteiger partial charge in [-0.05, 0) is 24.6 Å². The summed E-state index contributed by atoms with van der Waals surface area (Å²) >= 11 is 0. The van der Waals surface area contributed by atoms with Crippen LogP contribution in [0.1, 0.15) is 12.5 Å². The van der Waals surface area contributed by atoms with E-state index in [1.807, 2.05) is 31.2 Å². The summed E-state index contributed by atoms with van der Waals surface area (Å²) in [6.07, 6.45) is 0. The zero-order valence-electron chi connectivity index (χ0n) is 7.66. The molecule has 0 unspecified atom stereocenters. The number of amides is 1. The van der Waals surface area contributed by atoms with E-state index in [0.717, 1.165) is 5.69 Å². The number of nitrogens with zero attached hydrogens (tertiary/aromatic N) is 1. The number of carbonyl (C=O) groups excluding carboxylic acids is 1. The van der Waals surface area contributed by atoms with Crippen molar-refractivity contribution >= 4 is 11.6 Å². The molecule has 0 fully saturated rings. The number of hydrogen-bond acceptors (Lipinski definition) is 1. The first-order valence-electron chi connectivity index (χ1n) is 3.92. The third kappa shape index (κ3) is 1.84. The Hall–Kier alpha value is -1.31. The third-order valence-corrected chi connectivity index (χ3v) is 1.86. The van der Waals surface area contributed by atoms with Gasteiger partial charge in [-0.3, -0.25) is 4.79 Å². The van der Waals surface area contributed by atoms with E-state index in [-0.39, 0.29) is 5.91 Å². The standard InChI is InChI=1S/C10H13NO/c1-8-5-4-6-10(7-8)11(3)9(2)12/h4-7H,1-3H3. The molecule has 2 nitrogen and oxygen atoms in total. The number of rotatable bonds is 1. The average Bonchev–Trinajstić information content (AvgIpc) is 2.03. The monoisotopic (exact) mass is 163 g/mol. The molecule has 0 radical (unpaired) electrons. The van der Waals surface area contributed by atoms with Crippen LogP contribution < -0.4 is 4.90 Å². The number of aryl methyl sites for hydroxylation is 1. The Bertz CT molecular complexity index is 294. The summed E-state index contributed by atoms with van der Waals surface area (Å²) in [5.74, 6) is 0.0561. The van der Waals surface area contributed by atoms with Crippen LogP contribution in [0.4, 0.5) is 5.69 Å². The van der Waals surface area contributed by atoms with Crippen molar-refractivity contribution in [2.24, 2.45) is 0 Å². The molecule has 0 atom stereocenters. The highest BCUT2D eigenvalue weighted by Gasteiger charge is 2.03. The minimum atomic E-state index is 0.0561. The van der Waals surface area contributed by atoms with Crippen LogP contribution in [0, 0.1) is 6.92 Å². The Kier molecular flexibility index (Phi) is 2.48. The van der Waals surface area contributed by atoms with Crippen LogP contribution in [0.2, 0.25) is 0 Å². The zero-order valence-corrected chi connectivity index (χ0v) is 7.66. The second kappa shape index (κ2) is 3.39. The summed E-state index contributed by atoms with van der Waals surface area (Å²) < 4.78 is 0. The number of benzene rings is 1. The van der Waals surface area contributed by atoms with Gasteiger partial charge in [0.25, 0.3) is 0 Å². The average molecular weight is 163 g/mol. The number of hydrogen-bond donors (Lipinski definition) is 0. The molecule has 1 rings (SSSR count). The second-order valence-corrected chi connectivity index (χ2v) is 2.92. The predicted octanol–water partition coefficient (Wildman–Crippen LogP) is 1.98. The number of carbonyl (C=O) groups is 1. The summed E-state index contributed by atoms with van der Waals surface area (Å²) in [5, 5.41) is 0. The zero-order chi connectivity index (χ0) is 9.14. The quantitative estimate of drug-likeness (QED) is 0.620. The molecule has 0 aliphatic rings. The molecule has 12 heavy (non-hydrogen) atoms. The Balaban J connectivity index is 2.95. The van der Waals surface area contributed by atoms with Gasteiger partial charge in [0.1, 0.15) is 0 Å². The SMILES string of the molecule is CC(=O)N(C)c1cccc(C)c1. The highest BCUT2D eigenvalue weighted by atomic mass is 16.2. The van der Waals surface area contributed by atoms with Gasteiger partial charge in [-0.15, -0.1) is 0 Å². The van der Waals surface area contributed by atoms with Gasteiger partial charge in [0.05, 0.1) is 0 Å². The van der Waals surface area contributed by atoms with E-state index in [9.17, 15) is 4.79 Å². The Labute approximate surface area is 72.8 Å². The van der Waals surface area contributed by atoms with Crippen LogP contribution in [-0.4, -0.2) is 13.0 Å². The summed E-state index contributed by atoms with van der Waals surface area (Å²) in [6, 6.07) is 7.87. The van der Waals surface area contributed by atoms with E-state index in [2.05, 4.69) is 0 Å². The van der Waals surface area contributed by atoms with Gasteiger partial charge in [0, 0.05) is 19.7 Å². The molecular weight excluding hydrogens is 150 g/mol. The van der Waals surface area contributed by atoms with Gasteiger partial charge in [0.15, 0.2) is 0 Å². The Morgan fingerprint density at radius 3 is 2.58 bits per heavy atom. The van der Waals surface area contributed by atoms with E-state index in [0.29, 0.717) is 0 Å². The van der Waals surface area contributed by atoms with E-state index < -0.39 is 0 Å². The molecule has 0 N–H and O–H groups in total. The summed E-state index contributed by atoms with van der Waals surface area (Å²) in [6.45, 7) is 3.57. The van der Waals surface area contributed by atoms with Crippen molar-refractivity contribution < 1.29 is 4.79 Å². The van der Waals surface area contributed by atoms with Crippen LogP contribution in [0.25, 0.3) is 0 Å². The van der Waals surface area contributed by atoms with Crippen LogP contribution in [0.5, 0.6) is 0 Å². The van der Waals surface area contributed by atoms with Crippen LogP contribution >= 0.6 is 0 Å². The van der Waals surface area contributed by atoms with Crippen LogP contribution in [-0.2, 0) is 4.79 Å². The van der Waals surface area contributed by atoms with Crippen molar-refractivity contribution in [2.75, 3.05) is 11.9 Å². The van der Waals surface area contributed by atoms with Gasteiger partial charge in [-0.25, -0.2) is 0 Å². The van der Waals surface area contributed by atoms with Crippen LogP contribution in [0.15, 0.2) is 24.3 Å². The first-order chi connectivity index (χ1) is 5.61. The Morgan fingerprint density at radius 1 is 1.42 bits per heavy atom. The maximum Gasteiger partial charge on any atom is 0.223 e. The van der Waals surface area contributed by atoms with Crippen molar-refractivity contribution in [2.45, 2.75) is 13.8 Å². The lowest BCUT2D eigenvalue weighted by atomic mass is 10.2. The van der Waals surface area contributed by atoms with Crippen molar-refractivity contribution in [1.29, 1.82) is 0 Å². The van der Waals surface area contributed by atoms with Crippen LogP contribution in [0.3, 0.4) is 0 Å². The van der Waals surface area contributed by atoms with E-state index in [4.69, 9.17) is 0 Å². The van der Waals surface area contributed by atoms with E-state index >= 15 is 0 Å². The minimum Gasteiger partial charge on any atom is -0.316 e. The minimum absolute atomic E-state index is 0.0561. The molecule has 1 aromatic carbocycles. The molecule has 0 saturated carbocycles. The van der Waals surface area contributed by atoms with Crippen molar-refractivity contribution in [1.82, 2.24) is 0 Å². The molecule has 0 aliphatic carbocycles. The van der Waals surface area contributed by atoms with Crippen molar-refractivity contribution in [3.05, 3.63) is 29.8 Å². The van der Waals surface area contributed by atoms with Gasteiger partial charge in [0.2, 0.25) is 5.91 Å². The molecule has 2 heteroatoms. The second-order valence-electron chi connectivity index (χ2n) is 2.92. The lowest BCUT2D eigenvalue weighted by molar-refractivity contribution is -0.116. The van der Waals surface area contributed by atoms with Crippen molar-refractivity contribution in [3.63, 3.8) is 0 Å². The topological polar surface area (TPSA) is 20.3 Å². The van der Waals surface area contributed by atoms with E-state index in [1.54, 1.807) is 18.9 Å². The first-order valence-corrected chi connectivity index (χ1v) is 3.92. The first kappa shape index (κ1) is 8.78. The van der Waals surface area contributed by atoms with E-state index in [1.165, 1.54) is 5.56 Å². The smallest absolute Gasteiger partial charge is 0.223 e. The summed E-state index contributed by atoms with van der Waals surface area (Å²) in [5.41, 5.74) is 2.11. The summed E-state index contributed by atoms with van der Waals surface area (Å²) in [7, 11) is 1.77. The fourth-order valence-corrected chi connectivity index (χ4v) is 1.02. The van der Waals surface area contributed by atoms with Crippen molar-refractivity contribution in [3.8, 4) is 0 Å². The number of anilines is 1.